The number of rotatable bonds is 7. The number of aliphatic hydroxyl groups excluding tert-OH is 1. The molecule has 2 bridgehead atoms. The zero-order valence-corrected chi connectivity index (χ0v) is 19.5. The van der Waals surface area contributed by atoms with Crippen molar-refractivity contribution in [2.75, 3.05) is 13.2 Å². The number of fused-ring (bicyclic) bond motifs is 1. The van der Waals surface area contributed by atoms with Crippen LogP contribution in [0.2, 0.25) is 0 Å². The van der Waals surface area contributed by atoms with Gasteiger partial charge < -0.3 is 24.7 Å². The maximum atomic E-state index is 13.9. The van der Waals surface area contributed by atoms with Gasteiger partial charge in [0.15, 0.2) is 0 Å². The number of aliphatic carboxylic acids is 1. The molecule has 1 unspecified atom stereocenters. The van der Waals surface area contributed by atoms with Gasteiger partial charge in [0.05, 0.1) is 30.6 Å². The lowest BCUT2D eigenvalue weighted by Crippen LogP contribution is -2.61. The lowest BCUT2D eigenvalue weighted by molar-refractivity contribution is -0.155. The number of carboxylic acids is 1. The zero-order chi connectivity index (χ0) is 22.6. The smallest absolute Gasteiger partial charge is 0.310 e. The summed E-state index contributed by atoms with van der Waals surface area (Å²) in [5.74, 6) is -3.82. The van der Waals surface area contributed by atoms with Crippen LogP contribution in [-0.4, -0.2) is 85.1 Å². The highest BCUT2D eigenvalue weighted by molar-refractivity contribution is 9.09. The predicted octanol–water partition coefficient (Wildman–Crippen LogP) is 1.40. The summed E-state index contributed by atoms with van der Waals surface area (Å²) in [7, 11) is 0. The Bertz CT molecular complexity index is 748. The van der Waals surface area contributed by atoms with Gasteiger partial charge in [0.2, 0.25) is 11.8 Å². The van der Waals surface area contributed by atoms with Crippen molar-refractivity contribution < 1.29 is 29.3 Å². The number of hydrogen-bond acceptors (Lipinski definition) is 5. The summed E-state index contributed by atoms with van der Waals surface area (Å²) < 4.78 is 6.24. The minimum Gasteiger partial charge on any atom is -0.481 e. The zero-order valence-electron chi connectivity index (χ0n) is 17.9. The van der Waals surface area contributed by atoms with Crippen molar-refractivity contribution in [1.29, 1.82) is 0 Å². The van der Waals surface area contributed by atoms with E-state index in [4.69, 9.17) is 4.74 Å². The Morgan fingerprint density at radius 2 is 2.10 bits per heavy atom. The minimum absolute atomic E-state index is 0.269. The molecular formula is C21H31BrN2O6. The van der Waals surface area contributed by atoms with Crippen molar-refractivity contribution in [3.8, 4) is 0 Å². The third-order valence-electron chi connectivity index (χ3n) is 6.71. The normalized spacial score (nSPS) is 36.0. The standard InChI is InChI=1S/C21H31BrN2O6/c1-6-8-23(20(3,4)5)18(27)16-21-9-12(22)15(30-21)13(19(28)29)14(21)17(26)24(16)11(7-2)10-25/h6,11-16,25H,1,7-10H2,2-5H3,(H,28,29)/t11-,12?,13-,14+,15-,16-,21+/m0/s1. The molecule has 8 nitrogen and oxygen atoms in total. The molecule has 0 radical (unpaired) electrons. The number of amides is 2. The molecule has 2 N–H and O–H groups in total. The highest BCUT2D eigenvalue weighted by Crippen LogP contribution is 2.60. The first-order valence-corrected chi connectivity index (χ1v) is 11.3. The first kappa shape index (κ1) is 23.2. The number of carbonyl (C=O) groups excluding carboxylic acids is 2. The molecule has 3 saturated heterocycles. The molecule has 1 spiro atoms. The Hall–Kier alpha value is -1.45. The van der Waals surface area contributed by atoms with E-state index in [9.17, 15) is 24.6 Å². The van der Waals surface area contributed by atoms with E-state index in [0.29, 0.717) is 12.8 Å². The fourth-order valence-corrected chi connectivity index (χ4v) is 6.35. The molecule has 0 aromatic rings. The quantitative estimate of drug-likeness (QED) is 0.416. The second-order valence-electron chi connectivity index (χ2n) is 9.40. The average molecular weight is 487 g/mol. The molecule has 0 aromatic carbocycles. The Morgan fingerprint density at radius 1 is 1.47 bits per heavy atom. The summed E-state index contributed by atoms with van der Waals surface area (Å²) in [5.41, 5.74) is -1.78. The van der Waals surface area contributed by atoms with Gasteiger partial charge in [-0.25, -0.2) is 0 Å². The number of carboxylic acid groups (broad SMARTS) is 1. The van der Waals surface area contributed by atoms with Gasteiger partial charge in [-0.2, -0.15) is 0 Å². The molecule has 2 amide bonds. The van der Waals surface area contributed by atoms with Gasteiger partial charge >= 0.3 is 5.97 Å². The van der Waals surface area contributed by atoms with Gasteiger partial charge in [-0.15, -0.1) is 6.58 Å². The van der Waals surface area contributed by atoms with Gasteiger partial charge in [0, 0.05) is 16.9 Å². The maximum Gasteiger partial charge on any atom is 0.310 e. The number of alkyl halides is 1. The van der Waals surface area contributed by atoms with Crippen molar-refractivity contribution in [3.63, 3.8) is 0 Å². The van der Waals surface area contributed by atoms with Gasteiger partial charge in [-0.1, -0.05) is 28.9 Å². The largest absolute Gasteiger partial charge is 0.481 e. The summed E-state index contributed by atoms with van der Waals surface area (Å²) in [6.45, 7) is 11.2. The van der Waals surface area contributed by atoms with Crippen LogP contribution >= 0.6 is 15.9 Å². The van der Waals surface area contributed by atoms with Crippen LogP contribution in [0.3, 0.4) is 0 Å². The van der Waals surface area contributed by atoms with Crippen LogP contribution in [0.15, 0.2) is 12.7 Å². The lowest BCUT2D eigenvalue weighted by Gasteiger charge is -2.43. The van der Waals surface area contributed by atoms with Crippen molar-refractivity contribution in [3.05, 3.63) is 12.7 Å². The third kappa shape index (κ3) is 3.20. The second kappa shape index (κ2) is 7.91. The summed E-state index contributed by atoms with van der Waals surface area (Å²) in [4.78, 5) is 42.4. The van der Waals surface area contributed by atoms with Crippen LogP contribution in [0.25, 0.3) is 0 Å². The van der Waals surface area contributed by atoms with Crippen LogP contribution in [0.4, 0.5) is 0 Å². The van der Waals surface area contributed by atoms with E-state index < -0.39 is 53.0 Å². The number of carbonyl (C=O) groups is 3. The number of nitrogens with zero attached hydrogens (tertiary/aromatic N) is 2. The van der Waals surface area contributed by atoms with E-state index >= 15 is 0 Å². The first-order chi connectivity index (χ1) is 14.0. The molecule has 3 rings (SSSR count). The fourth-order valence-electron chi connectivity index (χ4n) is 5.41. The van der Waals surface area contributed by atoms with Crippen LogP contribution in [0, 0.1) is 11.8 Å². The van der Waals surface area contributed by atoms with Gasteiger partial charge in [-0.3, -0.25) is 14.4 Å². The highest BCUT2D eigenvalue weighted by Gasteiger charge is 2.77. The molecule has 3 aliphatic rings. The predicted molar refractivity (Wildman–Crippen MR) is 113 cm³/mol. The Morgan fingerprint density at radius 3 is 2.57 bits per heavy atom. The molecule has 3 fully saturated rings. The van der Waals surface area contributed by atoms with Crippen LogP contribution in [-0.2, 0) is 19.1 Å². The Balaban J connectivity index is 2.16. The number of halogens is 1. The molecule has 0 aromatic heterocycles. The number of aliphatic hydroxyl groups is 1. The van der Waals surface area contributed by atoms with E-state index in [1.165, 1.54) is 4.90 Å². The van der Waals surface area contributed by atoms with E-state index in [1.807, 2.05) is 27.7 Å². The second-order valence-corrected chi connectivity index (χ2v) is 10.6. The Kier molecular flexibility index (Phi) is 6.12. The molecule has 0 saturated carbocycles. The molecule has 3 aliphatic heterocycles. The molecule has 0 aliphatic carbocycles. The number of likely N-dealkylation sites (tertiary alicyclic amines) is 1. The lowest BCUT2D eigenvalue weighted by atomic mass is 9.70. The molecule has 30 heavy (non-hydrogen) atoms. The van der Waals surface area contributed by atoms with Gasteiger partial charge in [0.25, 0.3) is 0 Å². The average Bonchev–Trinajstić information content (AvgIpc) is 3.23. The molecular weight excluding hydrogens is 456 g/mol. The van der Waals surface area contributed by atoms with Crippen molar-refractivity contribution in [1.82, 2.24) is 9.80 Å². The highest BCUT2D eigenvalue weighted by atomic mass is 79.9. The fraction of sp³-hybridized carbons (Fsp3) is 0.762. The molecule has 9 heteroatoms. The van der Waals surface area contributed by atoms with Crippen molar-refractivity contribution in [2.24, 2.45) is 11.8 Å². The van der Waals surface area contributed by atoms with Gasteiger partial charge in [0.1, 0.15) is 11.6 Å². The minimum atomic E-state index is -1.23. The van der Waals surface area contributed by atoms with Crippen molar-refractivity contribution in [2.45, 2.75) is 74.7 Å². The van der Waals surface area contributed by atoms with Crippen LogP contribution in [0.1, 0.15) is 40.5 Å². The summed E-state index contributed by atoms with van der Waals surface area (Å²) in [5, 5.41) is 19.8. The summed E-state index contributed by atoms with van der Waals surface area (Å²) in [6, 6.07) is -1.59. The molecule has 168 valence electrons. The summed E-state index contributed by atoms with van der Waals surface area (Å²) >= 11 is 3.52. The van der Waals surface area contributed by atoms with E-state index in [1.54, 1.807) is 11.0 Å². The topological polar surface area (TPSA) is 107 Å². The van der Waals surface area contributed by atoms with Crippen LogP contribution in [0.5, 0.6) is 0 Å². The number of hydrogen-bond donors (Lipinski definition) is 2. The van der Waals surface area contributed by atoms with Crippen LogP contribution < -0.4 is 0 Å². The SMILES string of the molecule is C=CCN(C(=O)[C@@H]1N([C@@H](CC)CO)C(=O)[C@H]2[C@H](C(=O)O)[C@H]3O[C@@]12CC3Br)C(C)(C)C. The van der Waals surface area contributed by atoms with E-state index in [2.05, 4.69) is 22.5 Å². The maximum absolute atomic E-state index is 13.9. The molecule has 7 atom stereocenters. The Labute approximate surface area is 185 Å². The first-order valence-electron chi connectivity index (χ1n) is 10.4. The third-order valence-corrected chi connectivity index (χ3v) is 7.55. The van der Waals surface area contributed by atoms with E-state index in [0.717, 1.165) is 0 Å². The van der Waals surface area contributed by atoms with E-state index in [-0.39, 0.29) is 23.9 Å². The monoisotopic (exact) mass is 486 g/mol. The number of ether oxygens (including phenoxy) is 1. The van der Waals surface area contributed by atoms with Gasteiger partial charge in [-0.05, 0) is 33.6 Å². The van der Waals surface area contributed by atoms with Crippen molar-refractivity contribution >= 4 is 33.7 Å². The molecule has 3 heterocycles. The summed E-state index contributed by atoms with van der Waals surface area (Å²) in [6.07, 6.45) is 1.75.